The van der Waals surface area contributed by atoms with Gasteiger partial charge in [-0.05, 0) is 80.0 Å². The summed E-state index contributed by atoms with van der Waals surface area (Å²) in [5, 5.41) is 3.76. The number of hydrogen-bond acceptors (Lipinski definition) is 2. The van der Waals surface area contributed by atoms with Crippen molar-refractivity contribution in [2.24, 2.45) is 17.3 Å². The first-order valence-electron chi connectivity index (χ1n) is 8.25. The van der Waals surface area contributed by atoms with Crippen molar-refractivity contribution in [3.05, 3.63) is 30.1 Å². The van der Waals surface area contributed by atoms with E-state index in [0.29, 0.717) is 5.41 Å². The van der Waals surface area contributed by atoms with Crippen molar-refractivity contribution < 1.29 is 0 Å². The van der Waals surface area contributed by atoms with E-state index in [2.05, 4.69) is 36.3 Å². The van der Waals surface area contributed by atoms with E-state index in [4.69, 9.17) is 0 Å². The van der Waals surface area contributed by atoms with Crippen LogP contribution in [0.5, 0.6) is 0 Å². The first kappa shape index (κ1) is 14.1. The number of nitrogens with one attached hydrogen (secondary N) is 1. The van der Waals surface area contributed by atoms with Crippen LogP contribution < -0.4 is 5.32 Å². The molecule has 1 heterocycles. The fourth-order valence-corrected chi connectivity index (χ4v) is 3.73. The summed E-state index contributed by atoms with van der Waals surface area (Å²) in [6, 6.07) is 5.21. The van der Waals surface area contributed by atoms with Crippen LogP contribution in [0.1, 0.15) is 51.5 Å². The van der Waals surface area contributed by atoms with E-state index in [9.17, 15) is 0 Å². The minimum absolute atomic E-state index is 0.522. The molecular formula is C18H28N2. The molecular weight excluding hydrogens is 244 g/mol. The van der Waals surface area contributed by atoms with Gasteiger partial charge >= 0.3 is 0 Å². The standard InChI is InChI=1S/C18H28N2/c1-18(2)8-5-15(13-20-17-3-4-17)16(12-18)11-14-6-9-19-10-7-14/h6-7,9-10,15-17,20H,3-5,8,11-13H2,1-2H3. The van der Waals surface area contributed by atoms with Gasteiger partial charge in [0.2, 0.25) is 0 Å². The lowest BCUT2D eigenvalue weighted by Gasteiger charge is -2.41. The van der Waals surface area contributed by atoms with Crippen molar-refractivity contribution in [3.63, 3.8) is 0 Å². The molecule has 1 aromatic heterocycles. The Labute approximate surface area is 123 Å². The van der Waals surface area contributed by atoms with Gasteiger partial charge in [0.1, 0.15) is 0 Å². The lowest BCUT2D eigenvalue weighted by atomic mass is 9.65. The first-order valence-corrected chi connectivity index (χ1v) is 8.25. The number of aromatic nitrogens is 1. The van der Waals surface area contributed by atoms with Crippen LogP contribution in [0.2, 0.25) is 0 Å². The Balaban J connectivity index is 1.64. The monoisotopic (exact) mass is 272 g/mol. The summed E-state index contributed by atoms with van der Waals surface area (Å²) >= 11 is 0. The molecule has 2 heteroatoms. The maximum atomic E-state index is 4.14. The Bertz CT molecular complexity index is 420. The van der Waals surface area contributed by atoms with Crippen molar-refractivity contribution in [1.29, 1.82) is 0 Å². The summed E-state index contributed by atoms with van der Waals surface area (Å²) in [5.41, 5.74) is 1.98. The second-order valence-corrected chi connectivity index (χ2v) is 7.67. The lowest BCUT2D eigenvalue weighted by Crippen LogP contribution is -2.37. The summed E-state index contributed by atoms with van der Waals surface area (Å²) in [7, 11) is 0. The molecule has 0 aliphatic heterocycles. The fraction of sp³-hybridized carbons (Fsp3) is 0.722. The normalized spacial score (nSPS) is 29.3. The van der Waals surface area contributed by atoms with E-state index in [1.165, 1.54) is 50.6 Å². The molecule has 0 saturated heterocycles. The molecule has 2 fully saturated rings. The smallest absolute Gasteiger partial charge is 0.0270 e. The van der Waals surface area contributed by atoms with Gasteiger partial charge in [-0.15, -0.1) is 0 Å². The largest absolute Gasteiger partial charge is 0.314 e. The van der Waals surface area contributed by atoms with E-state index >= 15 is 0 Å². The van der Waals surface area contributed by atoms with Gasteiger partial charge in [0.25, 0.3) is 0 Å². The average Bonchev–Trinajstić information content (AvgIpc) is 3.22. The van der Waals surface area contributed by atoms with Crippen LogP contribution in [0.25, 0.3) is 0 Å². The van der Waals surface area contributed by atoms with Crippen LogP contribution in [0.3, 0.4) is 0 Å². The van der Waals surface area contributed by atoms with E-state index < -0.39 is 0 Å². The molecule has 2 aliphatic rings. The highest BCUT2D eigenvalue weighted by Gasteiger charge is 2.35. The number of nitrogens with zero attached hydrogens (tertiary/aromatic N) is 1. The van der Waals surface area contributed by atoms with E-state index in [0.717, 1.165) is 17.9 Å². The molecule has 0 spiro atoms. The van der Waals surface area contributed by atoms with Crippen LogP contribution in [0, 0.1) is 17.3 Å². The second-order valence-electron chi connectivity index (χ2n) is 7.67. The molecule has 110 valence electrons. The van der Waals surface area contributed by atoms with Gasteiger partial charge in [0, 0.05) is 18.4 Å². The zero-order chi connectivity index (χ0) is 14.0. The Kier molecular flexibility index (Phi) is 4.11. The third-order valence-corrected chi connectivity index (χ3v) is 5.17. The number of hydrogen-bond donors (Lipinski definition) is 1. The van der Waals surface area contributed by atoms with Gasteiger partial charge < -0.3 is 5.32 Å². The first-order chi connectivity index (χ1) is 9.62. The van der Waals surface area contributed by atoms with E-state index in [-0.39, 0.29) is 0 Å². The van der Waals surface area contributed by atoms with Crippen LogP contribution in [0.4, 0.5) is 0 Å². The highest BCUT2D eigenvalue weighted by molar-refractivity contribution is 5.11. The molecule has 0 bridgehead atoms. The predicted molar refractivity (Wildman–Crippen MR) is 83.6 cm³/mol. The van der Waals surface area contributed by atoms with Crippen molar-refractivity contribution in [3.8, 4) is 0 Å². The van der Waals surface area contributed by atoms with Crippen LogP contribution in [-0.4, -0.2) is 17.6 Å². The summed E-state index contributed by atoms with van der Waals surface area (Å²) in [6.07, 6.45) is 12.0. The fourth-order valence-electron chi connectivity index (χ4n) is 3.73. The average molecular weight is 272 g/mol. The van der Waals surface area contributed by atoms with Gasteiger partial charge in [0.05, 0.1) is 0 Å². The van der Waals surface area contributed by atoms with Crippen molar-refractivity contribution in [2.45, 2.75) is 58.4 Å². The third kappa shape index (κ3) is 3.82. The van der Waals surface area contributed by atoms with Gasteiger partial charge in [0.15, 0.2) is 0 Å². The Hall–Kier alpha value is -0.890. The Morgan fingerprint density at radius 3 is 2.60 bits per heavy atom. The molecule has 20 heavy (non-hydrogen) atoms. The van der Waals surface area contributed by atoms with E-state index in [1.54, 1.807) is 0 Å². The van der Waals surface area contributed by atoms with Gasteiger partial charge in [-0.3, -0.25) is 4.98 Å². The SMILES string of the molecule is CC1(C)CCC(CNC2CC2)C(Cc2ccncc2)C1. The molecule has 2 unspecified atom stereocenters. The Morgan fingerprint density at radius 1 is 1.15 bits per heavy atom. The number of rotatable bonds is 5. The van der Waals surface area contributed by atoms with Crippen molar-refractivity contribution in [1.82, 2.24) is 10.3 Å². The second kappa shape index (κ2) is 5.85. The minimum atomic E-state index is 0.522. The summed E-state index contributed by atoms with van der Waals surface area (Å²) in [5.74, 6) is 1.68. The minimum Gasteiger partial charge on any atom is -0.314 e. The summed E-state index contributed by atoms with van der Waals surface area (Å²) in [6.45, 7) is 6.12. The molecule has 2 atom stereocenters. The van der Waals surface area contributed by atoms with E-state index in [1.807, 2.05) is 12.4 Å². The molecule has 1 aromatic rings. The van der Waals surface area contributed by atoms with Crippen molar-refractivity contribution in [2.75, 3.05) is 6.54 Å². The lowest BCUT2D eigenvalue weighted by molar-refractivity contribution is 0.115. The topological polar surface area (TPSA) is 24.9 Å². The van der Waals surface area contributed by atoms with Crippen molar-refractivity contribution >= 4 is 0 Å². The molecule has 2 saturated carbocycles. The highest BCUT2D eigenvalue weighted by Crippen LogP contribution is 2.43. The van der Waals surface area contributed by atoms with Crippen LogP contribution >= 0.6 is 0 Å². The van der Waals surface area contributed by atoms with Gasteiger partial charge in [-0.2, -0.15) is 0 Å². The van der Waals surface area contributed by atoms with Crippen LogP contribution in [-0.2, 0) is 6.42 Å². The third-order valence-electron chi connectivity index (χ3n) is 5.17. The molecule has 2 aliphatic carbocycles. The van der Waals surface area contributed by atoms with Gasteiger partial charge in [-0.25, -0.2) is 0 Å². The summed E-state index contributed by atoms with van der Waals surface area (Å²) < 4.78 is 0. The molecule has 2 nitrogen and oxygen atoms in total. The zero-order valence-corrected chi connectivity index (χ0v) is 12.9. The molecule has 1 N–H and O–H groups in total. The summed E-state index contributed by atoms with van der Waals surface area (Å²) in [4.78, 5) is 4.14. The molecule has 0 radical (unpaired) electrons. The zero-order valence-electron chi connectivity index (χ0n) is 12.9. The highest BCUT2D eigenvalue weighted by atomic mass is 14.9. The Morgan fingerprint density at radius 2 is 1.90 bits per heavy atom. The van der Waals surface area contributed by atoms with Crippen LogP contribution in [0.15, 0.2) is 24.5 Å². The quantitative estimate of drug-likeness (QED) is 0.881. The predicted octanol–water partition coefficient (Wildman–Crippen LogP) is 3.82. The molecule has 0 aromatic carbocycles. The molecule has 3 rings (SSSR count). The maximum absolute atomic E-state index is 4.14. The van der Waals surface area contributed by atoms with Gasteiger partial charge in [-0.1, -0.05) is 13.8 Å². The number of pyridine rings is 1. The maximum Gasteiger partial charge on any atom is 0.0270 e. The molecule has 0 amide bonds.